The van der Waals surface area contributed by atoms with Gasteiger partial charge in [-0.3, -0.25) is 4.79 Å². The van der Waals surface area contributed by atoms with Gasteiger partial charge in [-0.05, 0) is 26.0 Å². The molecule has 3 unspecified atom stereocenters. The minimum Gasteiger partial charge on any atom is -0.497 e. The molecule has 0 aliphatic carbocycles. The molecule has 0 spiro atoms. The first-order chi connectivity index (χ1) is 9.40. The molecule has 1 aromatic rings. The van der Waals surface area contributed by atoms with Crippen LogP contribution in [0.3, 0.4) is 0 Å². The Morgan fingerprint density at radius 1 is 1.20 bits per heavy atom. The number of nitrogens with one attached hydrogen (secondary N) is 1. The van der Waals surface area contributed by atoms with E-state index in [0.717, 1.165) is 5.56 Å². The summed E-state index contributed by atoms with van der Waals surface area (Å²) in [6.45, 7) is 5.55. The average molecular weight is 280 g/mol. The van der Waals surface area contributed by atoms with Crippen molar-refractivity contribution in [2.24, 2.45) is 11.7 Å². The first-order valence-corrected chi connectivity index (χ1v) is 6.68. The van der Waals surface area contributed by atoms with Crippen LogP contribution < -0.4 is 20.5 Å². The number of ether oxygens (including phenoxy) is 2. The number of rotatable bonds is 6. The Morgan fingerprint density at radius 2 is 1.85 bits per heavy atom. The Hall–Kier alpha value is -1.75. The zero-order valence-corrected chi connectivity index (χ0v) is 12.8. The number of nitrogens with two attached hydrogens (primary N) is 1. The number of methoxy groups -OCH3 is 2. The molecule has 3 atom stereocenters. The van der Waals surface area contributed by atoms with Crippen molar-refractivity contribution >= 4 is 5.91 Å². The lowest BCUT2D eigenvalue weighted by Gasteiger charge is -2.21. The molecule has 0 bridgehead atoms. The van der Waals surface area contributed by atoms with E-state index in [1.165, 1.54) is 0 Å². The third-order valence-electron chi connectivity index (χ3n) is 3.47. The van der Waals surface area contributed by atoms with Gasteiger partial charge in [0.05, 0.1) is 20.3 Å². The van der Waals surface area contributed by atoms with Crippen LogP contribution in [0.25, 0.3) is 0 Å². The van der Waals surface area contributed by atoms with Gasteiger partial charge in [-0.15, -0.1) is 0 Å². The van der Waals surface area contributed by atoms with Gasteiger partial charge in [0.15, 0.2) is 0 Å². The monoisotopic (exact) mass is 280 g/mol. The van der Waals surface area contributed by atoms with Crippen LogP contribution in [0, 0.1) is 5.92 Å². The summed E-state index contributed by atoms with van der Waals surface area (Å²) < 4.78 is 10.5. The summed E-state index contributed by atoms with van der Waals surface area (Å²) in [6, 6.07) is 5.19. The summed E-state index contributed by atoms with van der Waals surface area (Å²) in [5.41, 5.74) is 6.64. The number of hydrogen-bond acceptors (Lipinski definition) is 4. The lowest BCUT2D eigenvalue weighted by atomic mass is 10.0. The van der Waals surface area contributed by atoms with Crippen LogP contribution in [-0.4, -0.2) is 26.2 Å². The zero-order chi connectivity index (χ0) is 15.3. The highest BCUT2D eigenvalue weighted by molar-refractivity contribution is 5.79. The van der Waals surface area contributed by atoms with Crippen molar-refractivity contribution < 1.29 is 14.3 Å². The largest absolute Gasteiger partial charge is 0.497 e. The molecule has 1 aromatic carbocycles. The SMILES string of the molecule is COc1ccc(C(C)NC(=O)C(C)C(C)N)c(OC)c1. The molecule has 5 heteroatoms. The van der Waals surface area contributed by atoms with Crippen LogP contribution in [-0.2, 0) is 4.79 Å². The summed E-state index contributed by atoms with van der Waals surface area (Å²) in [5, 5.41) is 2.95. The maximum absolute atomic E-state index is 12.0. The number of hydrogen-bond donors (Lipinski definition) is 2. The Bertz CT molecular complexity index is 460. The van der Waals surface area contributed by atoms with E-state index >= 15 is 0 Å². The van der Waals surface area contributed by atoms with Crippen molar-refractivity contribution in [3.63, 3.8) is 0 Å². The Labute approximate surface area is 120 Å². The van der Waals surface area contributed by atoms with Gasteiger partial charge in [0.25, 0.3) is 0 Å². The molecule has 0 saturated heterocycles. The maximum atomic E-state index is 12.0. The third-order valence-corrected chi connectivity index (χ3v) is 3.47. The fraction of sp³-hybridized carbons (Fsp3) is 0.533. The second kappa shape index (κ2) is 7.14. The summed E-state index contributed by atoms with van der Waals surface area (Å²) in [4.78, 5) is 12.0. The molecule has 0 aromatic heterocycles. The van der Waals surface area contributed by atoms with Gasteiger partial charge in [-0.2, -0.15) is 0 Å². The van der Waals surface area contributed by atoms with E-state index in [1.54, 1.807) is 20.3 Å². The number of benzene rings is 1. The smallest absolute Gasteiger partial charge is 0.224 e. The van der Waals surface area contributed by atoms with Crippen molar-refractivity contribution in [3.05, 3.63) is 23.8 Å². The number of carbonyl (C=O) groups is 1. The van der Waals surface area contributed by atoms with Crippen LogP contribution in [0.2, 0.25) is 0 Å². The van der Waals surface area contributed by atoms with Crippen molar-refractivity contribution in [2.75, 3.05) is 14.2 Å². The molecule has 3 N–H and O–H groups in total. The van der Waals surface area contributed by atoms with Crippen molar-refractivity contribution in [2.45, 2.75) is 32.9 Å². The fourth-order valence-corrected chi connectivity index (χ4v) is 1.84. The minimum atomic E-state index is -0.235. The van der Waals surface area contributed by atoms with E-state index in [0.29, 0.717) is 11.5 Å². The predicted molar refractivity (Wildman–Crippen MR) is 78.9 cm³/mol. The minimum absolute atomic E-state index is 0.0645. The molecule has 20 heavy (non-hydrogen) atoms. The number of carbonyl (C=O) groups excluding carboxylic acids is 1. The zero-order valence-electron chi connectivity index (χ0n) is 12.8. The normalized spacial score (nSPS) is 15.1. The Balaban J connectivity index is 2.87. The van der Waals surface area contributed by atoms with E-state index in [2.05, 4.69) is 5.32 Å². The van der Waals surface area contributed by atoms with Crippen LogP contribution in [0.15, 0.2) is 18.2 Å². The highest BCUT2D eigenvalue weighted by Gasteiger charge is 2.21. The molecule has 0 radical (unpaired) electrons. The molecule has 112 valence electrons. The fourth-order valence-electron chi connectivity index (χ4n) is 1.84. The second-order valence-corrected chi connectivity index (χ2v) is 4.99. The first kappa shape index (κ1) is 16.3. The summed E-state index contributed by atoms with van der Waals surface area (Å²) >= 11 is 0. The highest BCUT2D eigenvalue weighted by atomic mass is 16.5. The van der Waals surface area contributed by atoms with Crippen molar-refractivity contribution in [1.82, 2.24) is 5.32 Å². The lowest BCUT2D eigenvalue weighted by molar-refractivity contribution is -0.125. The van der Waals surface area contributed by atoms with E-state index in [9.17, 15) is 4.79 Å². The maximum Gasteiger partial charge on any atom is 0.224 e. The molecular formula is C15H24N2O3. The average Bonchev–Trinajstić information content (AvgIpc) is 2.45. The van der Waals surface area contributed by atoms with Crippen LogP contribution in [0.4, 0.5) is 0 Å². The van der Waals surface area contributed by atoms with E-state index < -0.39 is 0 Å². The molecule has 0 saturated carbocycles. The molecule has 1 amide bonds. The molecule has 0 aliphatic rings. The first-order valence-electron chi connectivity index (χ1n) is 6.68. The quantitative estimate of drug-likeness (QED) is 0.834. The van der Waals surface area contributed by atoms with Gasteiger partial charge in [-0.1, -0.05) is 6.92 Å². The van der Waals surface area contributed by atoms with Gasteiger partial charge in [0, 0.05) is 23.6 Å². The lowest BCUT2D eigenvalue weighted by Crippen LogP contribution is -2.39. The standard InChI is InChI=1S/C15H24N2O3/c1-9(10(2)16)15(18)17-11(3)13-7-6-12(19-4)8-14(13)20-5/h6-11H,16H2,1-5H3,(H,17,18). The van der Waals surface area contributed by atoms with E-state index in [1.807, 2.05) is 32.9 Å². The van der Waals surface area contributed by atoms with Gasteiger partial charge in [0.1, 0.15) is 11.5 Å². The molecule has 1 rings (SSSR count). The van der Waals surface area contributed by atoms with Gasteiger partial charge in [-0.25, -0.2) is 0 Å². The highest BCUT2D eigenvalue weighted by Crippen LogP contribution is 2.29. The van der Waals surface area contributed by atoms with Gasteiger partial charge < -0.3 is 20.5 Å². The third kappa shape index (κ3) is 3.87. The van der Waals surface area contributed by atoms with Crippen LogP contribution in [0.5, 0.6) is 11.5 Å². The van der Waals surface area contributed by atoms with Crippen molar-refractivity contribution in [1.29, 1.82) is 0 Å². The molecule has 0 heterocycles. The van der Waals surface area contributed by atoms with Gasteiger partial charge in [0.2, 0.25) is 5.91 Å². The summed E-state index contributed by atoms with van der Waals surface area (Å²) in [6.07, 6.45) is 0. The molecule has 0 aliphatic heterocycles. The predicted octanol–water partition coefficient (Wildman–Crippen LogP) is 1.86. The number of amides is 1. The summed E-state index contributed by atoms with van der Waals surface area (Å²) in [7, 11) is 3.20. The van der Waals surface area contributed by atoms with E-state index in [4.69, 9.17) is 15.2 Å². The van der Waals surface area contributed by atoms with Crippen molar-refractivity contribution in [3.8, 4) is 11.5 Å². The van der Waals surface area contributed by atoms with Crippen LogP contribution >= 0.6 is 0 Å². The molecular weight excluding hydrogens is 256 g/mol. The van der Waals surface area contributed by atoms with Crippen LogP contribution in [0.1, 0.15) is 32.4 Å². The Morgan fingerprint density at radius 3 is 2.35 bits per heavy atom. The molecule has 0 fully saturated rings. The molecule has 5 nitrogen and oxygen atoms in total. The summed E-state index contributed by atoms with van der Waals surface area (Å²) in [5.74, 6) is 1.10. The topological polar surface area (TPSA) is 73.6 Å². The Kier molecular flexibility index (Phi) is 5.82. The van der Waals surface area contributed by atoms with Gasteiger partial charge >= 0.3 is 0 Å². The van der Waals surface area contributed by atoms with E-state index in [-0.39, 0.29) is 23.9 Å². The second-order valence-electron chi connectivity index (χ2n) is 4.99.